The molecule has 3 aromatic rings. The molecule has 22 heavy (non-hydrogen) atoms. The molecule has 5 heteroatoms. The lowest BCUT2D eigenvalue weighted by Gasteiger charge is -2.22. The van der Waals surface area contributed by atoms with Crippen molar-refractivity contribution < 1.29 is 0 Å². The van der Waals surface area contributed by atoms with Crippen molar-refractivity contribution in [2.45, 2.75) is 13.3 Å². The number of para-hydroxylation sites is 1. The second-order valence-electron chi connectivity index (χ2n) is 4.91. The molecule has 0 fully saturated rings. The normalized spacial score (nSPS) is 10.8. The van der Waals surface area contributed by atoms with Gasteiger partial charge in [-0.25, -0.2) is 0 Å². The van der Waals surface area contributed by atoms with E-state index in [0.717, 1.165) is 23.4 Å². The summed E-state index contributed by atoms with van der Waals surface area (Å²) in [7, 11) is 0. The Bertz CT molecular complexity index is 848. The zero-order chi connectivity index (χ0) is 15.5. The van der Waals surface area contributed by atoms with Crippen LogP contribution in [-0.4, -0.2) is 11.5 Å². The molecule has 0 aliphatic heterocycles. The molecule has 0 aliphatic carbocycles. The van der Waals surface area contributed by atoms with Crippen molar-refractivity contribution in [3.63, 3.8) is 0 Å². The number of fused-ring (bicyclic) bond motifs is 1. The molecule has 112 valence electrons. The Kier molecular flexibility index (Phi) is 4.41. The quantitative estimate of drug-likeness (QED) is 0.685. The lowest BCUT2D eigenvalue weighted by atomic mass is 10.3. The molecule has 0 amide bonds. The van der Waals surface area contributed by atoms with Crippen LogP contribution in [0.1, 0.15) is 13.3 Å². The molecule has 0 aliphatic rings. The van der Waals surface area contributed by atoms with Gasteiger partial charge in [-0.15, -0.1) is 0 Å². The lowest BCUT2D eigenvalue weighted by molar-refractivity contribution is 0.878. The smallest absolute Gasteiger partial charge is 0.281 e. The molecule has 3 nitrogen and oxygen atoms in total. The Balaban J connectivity index is 2.18. The summed E-state index contributed by atoms with van der Waals surface area (Å²) in [5.74, 6) is 0. The Labute approximate surface area is 137 Å². The molecule has 0 bridgehead atoms. The fourth-order valence-corrected chi connectivity index (χ4v) is 3.66. The van der Waals surface area contributed by atoms with Gasteiger partial charge in [-0.3, -0.25) is 4.79 Å². The van der Waals surface area contributed by atoms with Gasteiger partial charge in [-0.2, -0.15) is 4.98 Å². The molecule has 2 aromatic carbocycles. The summed E-state index contributed by atoms with van der Waals surface area (Å²) in [5.41, 5.74) is 0.794. The van der Waals surface area contributed by atoms with E-state index in [4.69, 9.17) is 11.6 Å². The first-order valence-corrected chi connectivity index (χ1v) is 8.32. The molecule has 0 spiro atoms. The number of hydrogen-bond acceptors (Lipinski definition) is 4. The van der Waals surface area contributed by atoms with Crippen molar-refractivity contribution >= 4 is 43.8 Å². The number of nitrogens with zero attached hydrogens (tertiary/aromatic N) is 2. The highest BCUT2D eigenvalue weighted by Gasteiger charge is 2.14. The maximum Gasteiger partial charge on any atom is 0.281 e. The molecule has 0 radical (unpaired) electrons. The summed E-state index contributed by atoms with van der Waals surface area (Å²) in [5, 5.41) is 1.84. The zero-order valence-corrected chi connectivity index (χ0v) is 13.7. The number of halogens is 1. The lowest BCUT2D eigenvalue weighted by Crippen LogP contribution is -2.21. The summed E-state index contributed by atoms with van der Waals surface area (Å²) in [6, 6.07) is 15.3. The number of benzene rings is 2. The van der Waals surface area contributed by atoms with E-state index in [1.807, 2.05) is 30.3 Å². The summed E-state index contributed by atoms with van der Waals surface area (Å²) in [6.07, 6.45) is 0.956. The minimum atomic E-state index is -0.233. The monoisotopic (exact) mass is 330 g/mol. The standard InChI is InChI=1S/C17H15ClN2OS/c1-2-11-20(12-7-4-3-5-8-12)17-19-16(21)13-9-6-10-14(18)15(13)22-17/h3-10H,2,11H2,1H3. The van der Waals surface area contributed by atoms with Crippen LogP contribution < -0.4 is 10.5 Å². The average Bonchev–Trinajstić information content (AvgIpc) is 2.54. The van der Waals surface area contributed by atoms with Crippen LogP contribution in [0, 0.1) is 0 Å². The molecule has 0 atom stereocenters. The molecule has 3 rings (SSSR count). The molecule has 0 saturated carbocycles. The third-order valence-electron chi connectivity index (χ3n) is 3.33. The Morgan fingerprint density at radius 3 is 2.64 bits per heavy atom. The van der Waals surface area contributed by atoms with E-state index in [2.05, 4.69) is 16.8 Å². The largest absolute Gasteiger partial charge is 0.318 e. The van der Waals surface area contributed by atoms with Gasteiger partial charge in [0.05, 0.1) is 15.1 Å². The van der Waals surface area contributed by atoms with Gasteiger partial charge in [-0.05, 0) is 30.7 Å². The molecule has 1 heterocycles. The molecular formula is C17H15ClN2OS. The van der Waals surface area contributed by atoms with Crippen molar-refractivity contribution in [1.29, 1.82) is 0 Å². The summed E-state index contributed by atoms with van der Waals surface area (Å²) in [4.78, 5) is 18.6. The second-order valence-corrected chi connectivity index (χ2v) is 6.29. The maximum atomic E-state index is 12.3. The fourth-order valence-electron chi connectivity index (χ4n) is 2.32. The van der Waals surface area contributed by atoms with Gasteiger partial charge in [0, 0.05) is 12.2 Å². The predicted molar refractivity (Wildman–Crippen MR) is 94.6 cm³/mol. The van der Waals surface area contributed by atoms with Crippen LogP contribution in [0.15, 0.2) is 53.3 Å². The number of hydrogen-bond donors (Lipinski definition) is 0. The highest BCUT2D eigenvalue weighted by atomic mass is 35.5. The van der Waals surface area contributed by atoms with E-state index in [-0.39, 0.29) is 5.56 Å². The van der Waals surface area contributed by atoms with Crippen molar-refractivity contribution in [3.8, 4) is 0 Å². The van der Waals surface area contributed by atoms with Crippen LogP contribution in [0.3, 0.4) is 0 Å². The summed E-state index contributed by atoms with van der Waals surface area (Å²) in [6.45, 7) is 2.90. The van der Waals surface area contributed by atoms with Crippen molar-refractivity contribution in [2.24, 2.45) is 0 Å². The zero-order valence-electron chi connectivity index (χ0n) is 12.1. The predicted octanol–water partition coefficient (Wildman–Crippen LogP) is 4.86. The van der Waals surface area contributed by atoms with Gasteiger partial charge in [-0.1, -0.05) is 54.1 Å². The van der Waals surface area contributed by atoms with Crippen LogP contribution in [0.25, 0.3) is 10.1 Å². The topological polar surface area (TPSA) is 33.2 Å². The first kappa shape index (κ1) is 15.0. The Morgan fingerprint density at radius 1 is 1.14 bits per heavy atom. The van der Waals surface area contributed by atoms with Crippen LogP contribution >= 0.6 is 22.9 Å². The highest BCUT2D eigenvalue weighted by Crippen LogP contribution is 2.33. The SMILES string of the molecule is CCCN(c1ccccc1)c1nc(=O)c2cccc(Cl)c2s1. The minimum Gasteiger partial charge on any atom is -0.318 e. The van der Waals surface area contributed by atoms with E-state index < -0.39 is 0 Å². The number of anilines is 2. The van der Waals surface area contributed by atoms with Crippen LogP contribution in [0.5, 0.6) is 0 Å². The maximum absolute atomic E-state index is 12.3. The van der Waals surface area contributed by atoms with Crippen LogP contribution in [-0.2, 0) is 0 Å². The first-order valence-electron chi connectivity index (χ1n) is 7.12. The number of rotatable bonds is 4. The van der Waals surface area contributed by atoms with Gasteiger partial charge in [0.25, 0.3) is 5.56 Å². The highest BCUT2D eigenvalue weighted by molar-refractivity contribution is 7.22. The van der Waals surface area contributed by atoms with Gasteiger partial charge in [0.1, 0.15) is 0 Å². The van der Waals surface area contributed by atoms with E-state index in [0.29, 0.717) is 15.5 Å². The van der Waals surface area contributed by atoms with Crippen molar-refractivity contribution in [1.82, 2.24) is 4.98 Å². The van der Waals surface area contributed by atoms with Crippen LogP contribution in [0.2, 0.25) is 5.02 Å². The third-order valence-corrected chi connectivity index (χ3v) is 4.90. The fraction of sp³-hybridized carbons (Fsp3) is 0.176. The van der Waals surface area contributed by atoms with Crippen LogP contribution in [0.4, 0.5) is 10.8 Å². The number of aromatic nitrogens is 1. The average molecular weight is 331 g/mol. The van der Waals surface area contributed by atoms with Crippen molar-refractivity contribution in [2.75, 3.05) is 11.4 Å². The van der Waals surface area contributed by atoms with E-state index in [9.17, 15) is 4.79 Å². The molecule has 0 unspecified atom stereocenters. The Hall–Kier alpha value is -1.91. The van der Waals surface area contributed by atoms with Crippen molar-refractivity contribution in [3.05, 3.63) is 63.9 Å². The first-order chi connectivity index (χ1) is 10.7. The minimum absolute atomic E-state index is 0.233. The Morgan fingerprint density at radius 2 is 1.91 bits per heavy atom. The van der Waals surface area contributed by atoms with E-state index in [1.165, 1.54) is 11.3 Å². The van der Waals surface area contributed by atoms with Gasteiger partial charge >= 0.3 is 0 Å². The second kappa shape index (κ2) is 6.46. The van der Waals surface area contributed by atoms with Gasteiger partial charge in [0.15, 0.2) is 5.13 Å². The summed E-state index contributed by atoms with van der Waals surface area (Å²) < 4.78 is 0.788. The van der Waals surface area contributed by atoms with Gasteiger partial charge in [0.2, 0.25) is 0 Å². The summed E-state index contributed by atoms with van der Waals surface area (Å²) >= 11 is 7.71. The van der Waals surface area contributed by atoms with E-state index >= 15 is 0 Å². The molecule has 1 aromatic heterocycles. The molecule has 0 N–H and O–H groups in total. The van der Waals surface area contributed by atoms with Gasteiger partial charge < -0.3 is 4.90 Å². The third kappa shape index (κ3) is 2.85. The molecular weight excluding hydrogens is 316 g/mol. The van der Waals surface area contributed by atoms with E-state index in [1.54, 1.807) is 18.2 Å². The molecule has 0 saturated heterocycles.